The lowest BCUT2D eigenvalue weighted by molar-refractivity contribution is -0.133. The van der Waals surface area contributed by atoms with E-state index in [9.17, 15) is 4.79 Å². The molecule has 0 N–H and O–H groups in total. The van der Waals surface area contributed by atoms with Crippen LogP contribution in [0, 0.1) is 13.8 Å². The van der Waals surface area contributed by atoms with Crippen LogP contribution in [0.4, 0.5) is 0 Å². The van der Waals surface area contributed by atoms with Gasteiger partial charge in [-0.3, -0.25) is 0 Å². The maximum absolute atomic E-state index is 12.1. The molecule has 0 aliphatic rings. The van der Waals surface area contributed by atoms with Gasteiger partial charge < -0.3 is 9.47 Å². The van der Waals surface area contributed by atoms with Crippen LogP contribution < -0.4 is 0 Å². The normalized spacial score (nSPS) is 11.8. The quantitative estimate of drug-likeness (QED) is 0.386. The molecule has 0 saturated carbocycles. The van der Waals surface area contributed by atoms with E-state index in [1.165, 1.54) is 31.8 Å². The summed E-state index contributed by atoms with van der Waals surface area (Å²) < 4.78 is 11.6. The molecule has 3 aromatic rings. The summed E-state index contributed by atoms with van der Waals surface area (Å²) in [6.07, 6.45) is 2.04. The summed E-state index contributed by atoms with van der Waals surface area (Å²) >= 11 is 1.35. The van der Waals surface area contributed by atoms with Gasteiger partial charge in [0.25, 0.3) is 0 Å². The molecule has 0 aliphatic heterocycles. The van der Waals surface area contributed by atoms with Crippen LogP contribution in [-0.2, 0) is 20.7 Å². The van der Waals surface area contributed by atoms with Crippen molar-refractivity contribution in [3.63, 3.8) is 0 Å². The Bertz CT molecular complexity index is 985. The summed E-state index contributed by atoms with van der Waals surface area (Å²) in [6, 6.07) is 1.90. The lowest BCUT2D eigenvalue weighted by atomic mass is 10.2. The fourth-order valence-electron chi connectivity index (χ4n) is 2.65. The minimum absolute atomic E-state index is 0.341. The van der Waals surface area contributed by atoms with E-state index >= 15 is 0 Å². The topological polar surface area (TPSA) is 91.5 Å². The summed E-state index contributed by atoms with van der Waals surface area (Å²) in [5.41, 5.74) is 2.91. The van der Waals surface area contributed by atoms with Crippen LogP contribution in [0.3, 0.4) is 0 Å². The first-order valence-electron chi connectivity index (χ1n) is 8.01. The van der Waals surface area contributed by atoms with Crippen molar-refractivity contribution in [1.29, 1.82) is 0 Å². The maximum Gasteiger partial charge on any atom is 0.342 e. The van der Waals surface area contributed by atoms with Crippen molar-refractivity contribution in [2.45, 2.75) is 27.2 Å². The summed E-state index contributed by atoms with van der Waals surface area (Å²) in [6.45, 7) is 5.80. The van der Waals surface area contributed by atoms with Crippen LogP contribution in [0.1, 0.15) is 28.9 Å². The van der Waals surface area contributed by atoms with Gasteiger partial charge in [-0.05, 0) is 26.3 Å². The van der Waals surface area contributed by atoms with Crippen LogP contribution in [0.2, 0.25) is 0 Å². The predicted octanol–water partition coefficient (Wildman–Crippen LogP) is 2.59. The highest BCUT2D eigenvalue weighted by atomic mass is 32.1. The van der Waals surface area contributed by atoms with Gasteiger partial charge in [-0.15, -0.1) is 5.10 Å². The first-order valence-corrected chi connectivity index (χ1v) is 8.82. The highest BCUT2D eigenvalue weighted by Crippen LogP contribution is 2.31. The van der Waals surface area contributed by atoms with Crippen molar-refractivity contribution in [2.75, 3.05) is 14.2 Å². The molecule has 0 radical (unpaired) electrons. The van der Waals surface area contributed by atoms with Gasteiger partial charge in [0.2, 0.25) is 10.8 Å². The number of rotatable bonds is 5. The van der Waals surface area contributed by atoms with Gasteiger partial charge >= 0.3 is 5.97 Å². The molecule has 0 aliphatic carbocycles. The number of esters is 1. The molecule has 0 atom stereocenters. The third-order valence-corrected chi connectivity index (χ3v) is 4.80. The van der Waals surface area contributed by atoms with Crippen molar-refractivity contribution in [2.24, 2.45) is 0 Å². The molecule has 0 spiro atoms. The standard InChI is InChI=1S/C17H19N5O3S/c1-6-12-13(11(8-24-4)16(23)25-5)26-17-20-15(21-22(12)17)14-18-9(2)7-10(3)19-14/h7-8H,6H2,1-5H3/b11-8-. The third kappa shape index (κ3) is 3.17. The number of hydrogen-bond acceptors (Lipinski definition) is 8. The second kappa shape index (κ2) is 7.20. The Morgan fingerprint density at radius 1 is 1.19 bits per heavy atom. The number of carbonyl (C=O) groups is 1. The maximum atomic E-state index is 12.1. The third-order valence-electron chi connectivity index (χ3n) is 3.69. The van der Waals surface area contributed by atoms with E-state index in [1.807, 2.05) is 26.8 Å². The van der Waals surface area contributed by atoms with E-state index in [1.54, 1.807) is 4.52 Å². The number of aryl methyl sites for hydroxylation is 3. The number of methoxy groups -OCH3 is 2. The summed E-state index contributed by atoms with van der Waals surface area (Å²) in [5.74, 6) is 0.478. The molecule has 3 aromatic heterocycles. The number of ether oxygens (including phenoxy) is 2. The van der Waals surface area contributed by atoms with E-state index in [2.05, 4.69) is 20.1 Å². The number of hydrogen-bond donors (Lipinski definition) is 0. The van der Waals surface area contributed by atoms with Gasteiger partial charge in [0, 0.05) is 11.4 Å². The minimum atomic E-state index is -0.469. The lowest BCUT2D eigenvalue weighted by Gasteiger charge is -2.05. The first-order chi connectivity index (χ1) is 12.5. The number of thiazole rings is 1. The van der Waals surface area contributed by atoms with Crippen molar-refractivity contribution in [1.82, 2.24) is 24.6 Å². The fraction of sp³-hybridized carbons (Fsp3) is 0.353. The largest absolute Gasteiger partial charge is 0.503 e. The van der Waals surface area contributed by atoms with Crippen molar-refractivity contribution < 1.29 is 14.3 Å². The van der Waals surface area contributed by atoms with Crippen molar-refractivity contribution in [3.05, 3.63) is 34.3 Å². The Hall–Kier alpha value is -2.81. The van der Waals surface area contributed by atoms with Gasteiger partial charge in [0.15, 0.2) is 5.82 Å². The SMILES string of the molecule is CCc1c(/C(=C/OC)C(=O)OC)sc2nc(-c3nc(C)cc(C)n3)nn12. The summed E-state index contributed by atoms with van der Waals surface area (Å²) in [5, 5.41) is 4.56. The highest BCUT2D eigenvalue weighted by molar-refractivity contribution is 7.18. The number of carbonyl (C=O) groups excluding carboxylic acids is 1. The Morgan fingerprint density at radius 3 is 2.46 bits per heavy atom. The fourth-order valence-corrected chi connectivity index (χ4v) is 3.79. The molecule has 0 unspecified atom stereocenters. The summed E-state index contributed by atoms with van der Waals surface area (Å²) in [4.78, 5) is 26.9. The first kappa shape index (κ1) is 18.0. The van der Waals surface area contributed by atoms with Gasteiger partial charge in [-0.25, -0.2) is 19.3 Å². The van der Waals surface area contributed by atoms with Gasteiger partial charge in [0.1, 0.15) is 5.57 Å². The zero-order valence-electron chi connectivity index (χ0n) is 15.2. The zero-order valence-corrected chi connectivity index (χ0v) is 16.0. The Kier molecular flexibility index (Phi) is 4.99. The number of nitrogens with zero attached hydrogens (tertiary/aromatic N) is 5. The smallest absolute Gasteiger partial charge is 0.342 e. The lowest BCUT2D eigenvalue weighted by Crippen LogP contribution is -2.06. The van der Waals surface area contributed by atoms with E-state index < -0.39 is 5.97 Å². The van der Waals surface area contributed by atoms with E-state index in [4.69, 9.17) is 9.47 Å². The molecule has 0 aromatic carbocycles. The van der Waals surface area contributed by atoms with Gasteiger partial charge in [-0.2, -0.15) is 4.98 Å². The molecular weight excluding hydrogens is 354 g/mol. The van der Waals surface area contributed by atoms with E-state index in [-0.39, 0.29) is 0 Å². The second-order valence-corrected chi connectivity index (χ2v) is 6.57. The predicted molar refractivity (Wildman–Crippen MR) is 97.7 cm³/mol. The van der Waals surface area contributed by atoms with Crippen molar-refractivity contribution >= 4 is 27.8 Å². The molecule has 136 valence electrons. The Labute approximate surface area is 154 Å². The van der Waals surface area contributed by atoms with E-state index in [0.29, 0.717) is 28.6 Å². The van der Waals surface area contributed by atoms with Crippen LogP contribution in [-0.4, -0.2) is 44.8 Å². The number of fused-ring (bicyclic) bond motifs is 1. The van der Waals surface area contributed by atoms with Crippen molar-refractivity contribution in [3.8, 4) is 11.6 Å². The number of aromatic nitrogens is 5. The average molecular weight is 373 g/mol. The monoisotopic (exact) mass is 373 g/mol. The van der Waals surface area contributed by atoms with E-state index in [0.717, 1.165) is 22.0 Å². The Morgan fingerprint density at radius 2 is 1.88 bits per heavy atom. The second-order valence-electron chi connectivity index (χ2n) is 5.59. The molecular formula is C17H19N5O3S. The molecule has 26 heavy (non-hydrogen) atoms. The van der Waals surface area contributed by atoms with Crippen LogP contribution in [0.25, 0.3) is 22.2 Å². The Balaban J connectivity index is 2.14. The molecule has 3 heterocycles. The molecule has 0 bridgehead atoms. The van der Waals surface area contributed by atoms with Crippen LogP contribution >= 0.6 is 11.3 Å². The summed E-state index contributed by atoms with van der Waals surface area (Å²) in [7, 11) is 2.82. The highest BCUT2D eigenvalue weighted by Gasteiger charge is 2.24. The zero-order chi connectivity index (χ0) is 18.8. The van der Waals surface area contributed by atoms with Crippen LogP contribution in [0.15, 0.2) is 12.3 Å². The average Bonchev–Trinajstić information content (AvgIpc) is 3.15. The van der Waals surface area contributed by atoms with Crippen LogP contribution in [0.5, 0.6) is 0 Å². The molecule has 0 amide bonds. The molecule has 3 rings (SSSR count). The van der Waals surface area contributed by atoms with Gasteiger partial charge in [-0.1, -0.05) is 18.3 Å². The van der Waals surface area contributed by atoms with Gasteiger partial charge in [0.05, 0.1) is 31.1 Å². The molecule has 8 nitrogen and oxygen atoms in total. The molecule has 9 heteroatoms. The molecule has 0 fully saturated rings. The molecule has 0 saturated heterocycles. The minimum Gasteiger partial charge on any atom is -0.503 e.